The summed E-state index contributed by atoms with van der Waals surface area (Å²) in [6.07, 6.45) is 7.29. The Labute approximate surface area is 98.2 Å². The summed E-state index contributed by atoms with van der Waals surface area (Å²) in [7, 11) is 0. The number of nitrogens with one attached hydrogen (secondary N) is 1. The van der Waals surface area contributed by atoms with Gasteiger partial charge in [-0.15, -0.1) is 0 Å². The molecule has 0 aromatic rings. The maximum absolute atomic E-state index is 12.0. The summed E-state index contributed by atoms with van der Waals surface area (Å²) >= 11 is 0. The summed E-state index contributed by atoms with van der Waals surface area (Å²) in [5.74, 6) is 0.451. The molecule has 0 aliphatic heterocycles. The minimum absolute atomic E-state index is 0.0446. The zero-order chi connectivity index (χ0) is 11.8. The molecule has 2 rings (SSSR count). The Morgan fingerprint density at radius 1 is 1.44 bits per heavy atom. The van der Waals surface area contributed by atoms with E-state index >= 15 is 0 Å². The van der Waals surface area contributed by atoms with Crippen LogP contribution in [0.3, 0.4) is 0 Å². The molecule has 0 spiro atoms. The van der Waals surface area contributed by atoms with Crippen molar-refractivity contribution >= 4 is 5.91 Å². The topological polar surface area (TPSA) is 55.1 Å². The molecule has 0 heterocycles. The fourth-order valence-electron chi connectivity index (χ4n) is 2.76. The molecule has 0 aromatic heterocycles. The standard InChI is InChI=1S/C13H24N2O/c1-12(7-3-4-8-12)9-15-11(16)13(2,14)10-5-6-10/h10H,3-9,14H2,1-2H3,(H,15,16). The second kappa shape index (κ2) is 4.02. The number of carbonyl (C=O) groups is 1. The van der Waals surface area contributed by atoms with Crippen molar-refractivity contribution in [2.75, 3.05) is 6.54 Å². The molecule has 2 aliphatic rings. The van der Waals surface area contributed by atoms with Crippen LogP contribution in [0.25, 0.3) is 0 Å². The lowest BCUT2D eigenvalue weighted by Crippen LogP contribution is -2.54. The lowest BCUT2D eigenvalue weighted by Gasteiger charge is -2.28. The maximum Gasteiger partial charge on any atom is 0.240 e. The van der Waals surface area contributed by atoms with E-state index in [1.807, 2.05) is 6.92 Å². The highest BCUT2D eigenvalue weighted by atomic mass is 16.2. The summed E-state index contributed by atoms with van der Waals surface area (Å²) in [4.78, 5) is 12.0. The number of rotatable bonds is 4. The van der Waals surface area contributed by atoms with Crippen LogP contribution in [0.5, 0.6) is 0 Å². The van der Waals surface area contributed by atoms with Gasteiger partial charge in [-0.1, -0.05) is 19.8 Å². The molecule has 92 valence electrons. The molecule has 2 aliphatic carbocycles. The molecule has 3 heteroatoms. The van der Waals surface area contributed by atoms with Gasteiger partial charge in [0.1, 0.15) is 0 Å². The predicted molar refractivity (Wildman–Crippen MR) is 64.9 cm³/mol. The Morgan fingerprint density at radius 3 is 2.50 bits per heavy atom. The van der Waals surface area contributed by atoms with Gasteiger partial charge in [0, 0.05) is 6.54 Å². The van der Waals surface area contributed by atoms with Crippen molar-refractivity contribution in [3.63, 3.8) is 0 Å². The van der Waals surface area contributed by atoms with Gasteiger partial charge in [-0.25, -0.2) is 0 Å². The van der Waals surface area contributed by atoms with Gasteiger partial charge < -0.3 is 11.1 Å². The van der Waals surface area contributed by atoms with Gasteiger partial charge in [-0.2, -0.15) is 0 Å². The highest BCUT2D eigenvalue weighted by molar-refractivity contribution is 5.86. The van der Waals surface area contributed by atoms with Gasteiger partial charge in [0.05, 0.1) is 5.54 Å². The Balaban J connectivity index is 1.83. The first-order chi connectivity index (χ1) is 7.44. The SMILES string of the molecule is CC1(CNC(=O)C(C)(N)C2CC2)CCCC1. The van der Waals surface area contributed by atoms with Gasteiger partial charge in [0.15, 0.2) is 0 Å². The van der Waals surface area contributed by atoms with E-state index < -0.39 is 5.54 Å². The third-order valence-electron chi connectivity index (χ3n) is 4.40. The Hall–Kier alpha value is -0.570. The Bertz CT molecular complexity index is 276. The molecule has 1 unspecified atom stereocenters. The van der Waals surface area contributed by atoms with E-state index in [0.29, 0.717) is 11.3 Å². The van der Waals surface area contributed by atoms with Crippen LogP contribution in [-0.2, 0) is 4.79 Å². The van der Waals surface area contributed by atoms with Crippen LogP contribution in [-0.4, -0.2) is 18.0 Å². The van der Waals surface area contributed by atoms with Gasteiger partial charge in [-0.05, 0) is 43.9 Å². The van der Waals surface area contributed by atoms with Gasteiger partial charge >= 0.3 is 0 Å². The van der Waals surface area contributed by atoms with Crippen molar-refractivity contribution in [1.29, 1.82) is 0 Å². The fourth-order valence-corrected chi connectivity index (χ4v) is 2.76. The van der Waals surface area contributed by atoms with Crippen molar-refractivity contribution < 1.29 is 4.79 Å². The average Bonchev–Trinajstić information content (AvgIpc) is 3.00. The molecular formula is C13H24N2O. The molecule has 1 amide bonds. The molecule has 0 radical (unpaired) electrons. The van der Waals surface area contributed by atoms with Crippen LogP contribution in [0.2, 0.25) is 0 Å². The highest BCUT2D eigenvalue weighted by Crippen LogP contribution is 2.39. The monoisotopic (exact) mass is 224 g/mol. The normalized spacial score (nSPS) is 27.4. The van der Waals surface area contributed by atoms with Gasteiger partial charge in [-0.3, -0.25) is 4.79 Å². The summed E-state index contributed by atoms with van der Waals surface area (Å²) in [5, 5.41) is 3.06. The van der Waals surface area contributed by atoms with Crippen molar-refractivity contribution in [3.8, 4) is 0 Å². The molecule has 2 fully saturated rings. The average molecular weight is 224 g/mol. The minimum atomic E-state index is -0.644. The third-order valence-corrected chi connectivity index (χ3v) is 4.40. The van der Waals surface area contributed by atoms with E-state index in [4.69, 9.17) is 5.73 Å². The largest absolute Gasteiger partial charge is 0.354 e. The van der Waals surface area contributed by atoms with Crippen LogP contribution < -0.4 is 11.1 Å². The molecular weight excluding hydrogens is 200 g/mol. The van der Waals surface area contributed by atoms with Crippen molar-refractivity contribution in [1.82, 2.24) is 5.32 Å². The Morgan fingerprint density at radius 2 is 2.00 bits per heavy atom. The summed E-state index contributed by atoms with van der Waals surface area (Å²) in [6, 6.07) is 0. The zero-order valence-corrected chi connectivity index (χ0v) is 10.5. The molecule has 16 heavy (non-hydrogen) atoms. The van der Waals surface area contributed by atoms with E-state index in [9.17, 15) is 4.79 Å². The number of amides is 1. The van der Waals surface area contributed by atoms with E-state index in [0.717, 1.165) is 19.4 Å². The highest BCUT2D eigenvalue weighted by Gasteiger charge is 2.44. The van der Waals surface area contributed by atoms with Crippen LogP contribution >= 0.6 is 0 Å². The number of nitrogens with two attached hydrogens (primary N) is 1. The van der Waals surface area contributed by atoms with Crippen LogP contribution in [0.4, 0.5) is 0 Å². The van der Waals surface area contributed by atoms with Crippen LogP contribution in [0.1, 0.15) is 52.4 Å². The lowest BCUT2D eigenvalue weighted by atomic mass is 9.88. The van der Waals surface area contributed by atoms with Crippen molar-refractivity contribution in [2.45, 2.75) is 57.9 Å². The van der Waals surface area contributed by atoms with E-state index in [1.54, 1.807) is 0 Å². The quantitative estimate of drug-likeness (QED) is 0.765. The molecule has 0 saturated heterocycles. The number of carbonyl (C=O) groups excluding carboxylic acids is 1. The number of hydrogen-bond donors (Lipinski definition) is 2. The summed E-state index contributed by atoms with van der Waals surface area (Å²) < 4.78 is 0. The van der Waals surface area contributed by atoms with Gasteiger partial charge in [0.2, 0.25) is 5.91 Å². The second-order valence-electron chi connectivity index (χ2n) is 6.26. The first kappa shape index (κ1) is 11.9. The van der Waals surface area contributed by atoms with Crippen LogP contribution in [0.15, 0.2) is 0 Å². The molecule has 0 aromatic carbocycles. The number of hydrogen-bond acceptors (Lipinski definition) is 2. The molecule has 2 saturated carbocycles. The zero-order valence-electron chi connectivity index (χ0n) is 10.5. The summed E-state index contributed by atoms with van der Waals surface area (Å²) in [6.45, 7) is 4.94. The molecule has 1 atom stereocenters. The third kappa shape index (κ3) is 2.40. The predicted octanol–water partition coefficient (Wildman–Crippen LogP) is 1.81. The molecule has 3 N–H and O–H groups in total. The second-order valence-corrected chi connectivity index (χ2v) is 6.26. The first-order valence-corrected chi connectivity index (χ1v) is 6.51. The van der Waals surface area contributed by atoms with Crippen LogP contribution in [0, 0.1) is 11.3 Å². The van der Waals surface area contributed by atoms with E-state index in [-0.39, 0.29) is 5.91 Å². The van der Waals surface area contributed by atoms with Gasteiger partial charge in [0.25, 0.3) is 0 Å². The van der Waals surface area contributed by atoms with Crippen molar-refractivity contribution in [2.24, 2.45) is 17.1 Å². The Kier molecular flexibility index (Phi) is 2.99. The maximum atomic E-state index is 12.0. The molecule has 0 bridgehead atoms. The van der Waals surface area contributed by atoms with E-state index in [1.165, 1.54) is 25.7 Å². The molecule has 3 nitrogen and oxygen atoms in total. The summed E-state index contributed by atoms with van der Waals surface area (Å²) in [5.41, 5.74) is 5.75. The smallest absolute Gasteiger partial charge is 0.240 e. The fraction of sp³-hybridized carbons (Fsp3) is 0.923. The lowest BCUT2D eigenvalue weighted by molar-refractivity contribution is -0.127. The van der Waals surface area contributed by atoms with Crippen molar-refractivity contribution in [3.05, 3.63) is 0 Å². The van der Waals surface area contributed by atoms with E-state index in [2.05, 4.69) is 12.2 Å². The first-order valence-electron chi connectivity index (χ1n) is 6.51. The minimum Gasteiger partial charge on any atom is -0.354 e.